The first-order valence-electron chi connectivity index (χ1n) is 3.87. The van der Waals surface area contributed by atoms with Crippen molar-refractivity contribution < 1.29 is 9.12 Å². The maximum Gasteiger partial charge on any atom is 0.262 e. The second-order valence-electron chi connectivity index (χ2n) is 2.87. The van der Waals surface area contributed by atoms with Crippen LogP contribution in [0.5, 0.6) is 0 Å². The third kappa shape index (κ3) is 1.67. The van der Waals surface area contributed by atoms with Gasteiger partial charge in [-0.1, -0.05) is 23.2 Å². The Kier molecular flexibility index (Phi) is 2.75. The predicted octanol–water partition coefficient (Wildman–Crippen LogP) is 3.68. The van der Waals surface area contributed by atoms with Crippen LogP contribution < -0.4 is 4.73 Å². The Morgan fingerprint density at radius 1 is 1.33 bits per heavy atom. The molecule has 78 valence electrons. The summed E-state index contributed by atoms with van der Waals surface area (Å²) < 4.78 is 14.2. The number of fused-ring (bicyclic) bond motifs is 1. The lowest BCUT2D eigenvalue weighted by atomic mass is 10.2. The van der Waals surface area contributed by atoms with Crippen molar-refractivity contribution in [2.75, 3.05) is 0 Å². The van der Waals surface area contributed by atoms with Crippen LogP contribution in [-0.4, -0.2) is 0 Å². The molecule has 0 spiro atoms. The first kappa shape index (κ1) is 10.9. The largest absolute Gasteiger partial charge is 0.618 e. The van der Waals surface area contributed by atoms with Gasteiger partial charge in [-0.15, -0.1) is 0 Å². The number of hydrogen-bond acceptors (Lipinski definition) is 1. The highest BCUT2D eigenvalue weighted by molar-refractivity contribution is 9.10. The molecule has 0 aliphatic rings. The maximum absolute atomic E-state index is 13.7. The standard InChI is InChI=1S/C9H3BrCl2FNO/c10-7-6(12)3-4-5(11)1-2-14(15)9(4)8(7)13/h1-3H. The molecule has 0 amide bonds. The molecule has 0 fully saturated rings. The highest BCUT2D eigenvalue weighted by Gasteiger charge is 2.19. The molecule has 0 aliphatic carbocycles. The van der Waals surface area contributed by atoms with E-state index in [2.05, 4.69) is 15.9 Å². The molecule has 0 aliphatic heterocycles. The number of halogens is 4. The quantitative estimate of drug-likeness (QED) is 0.414. The number of rotatable bonds is 0. The molecular formula is C9H3BrCl2FNO. The lowest BCUT2D eigenvalue weighted by Crippen LogP contribution is -2.27. The summed E-state index contributed by atoms with van der Waals surface area (Å²) in [4.78, 5) is 0. The molecule has 0 unspecified atom stereocenters. The smallest absolute Gasteiger partial charge is 0.262 e. The van der Waals surface area contributed by atoms with Crippen molar-refractivity contribution in [1.82, 2.24) is 0 Å². The molecule has 0 saturated heterocycles. The van der Waals surface area contributed by atoms with E-state index >= 15 is 0 Å². The van der Waals surface area contributed by atoms with Crippen LogP contribution in [0.15, 0.2) is 22.8 Å². The van der Waals surface area contributed by atoms with Crippen LogP contribution in [0, 0.1) is 11.0 Å². The van der Waals surface area contributed by atoms with Gasteiger partial charge in [0.05, 0.1) is 19.9 Å². The lowest BCUT2D eigenvalue weighted by molar-refractivity contribution is -0.578. The van der Waals surface area contributed by atoms with E-state index in [1.165, 1.54) is 12.1 Å². The van der Waals surface area contributed by atoms with Gasteiger partial charge in [-0.3, -0.25) is 0 Å². The minimum absolute atomic E-state index is 0.0588. The Bertz CT molecular complexity index is 562. The zero-order chi connectivity index (χ0) is 11.2. The molecule has 0 atom stereocenters. The van der Waals surface area contributed by atoms with Gasteiger partial charge in [-0.05, 0) is 22.0 Å². The van der Waals surface area contributed by atoms with Gasteiger partial charge in [0.25, 0.3) is 5.52 Å². The van der Waals surface area contributed by atoms with Crippen molar-refractivity contribution in [2.45, 2.75) is 0 Å². The number of aromatic nitrogens is 1. The van der Waals surface area contributed by atoms with Crippen molar-refractivity contribution in [3.8, 4) is 0 Å². The summed E-state index contributed by atoms with van der Waals surface area (Å²) >= 11 is 14.5. The van der Waals surface area contributed by atoms with Crippen molar-refractivity contribution in [2.24, 2.45) is 0 Å². The van der Waals surface area contributed by atoms with Gasteiger partial charge in [0.1, 0.15) is 0 Å². The van der Waals surface area contributed by atoms with E-state index in [4.69, 9.17) is 23.2 Å². The number of pyridine rings is 1. The third-order valence-corrected chi connectivity index (χ3v) is 3.60. The van der Waals surface area contributed by atoms with E-state index in [1.807, 2.05) is 0 Å². The first-order chi connectivity index (χ1) is 7.02. The van der Waals surface area contributed by atoms with E-state index in [-0.39, 0.29) is 20.0 Å². The van der Waals surface area contributed by atoms with Gasteiger partial charge >= 0.3 is 0 Å². The number of hydrogen-bond donors (Lipinski definition) is 0. The van der Waals surface area contributed by atoms with Gasteiger partial charge in [-0.2, -0.15) is 9.12 Å². The summed E-state index contributed by atoms with van der Waals surface area (Å²) in [6.07, 6.45) is 1.15. The normalized spacial score (nSPS) is 10.9. The molecule has 0 saturated carbocycles. The van der Waals surface area contributed by atoms with Gasteiger partial charge in [0.15, 0.2) is 6.20 Å². The second-order valence-corrected chi connectivity index (χ2v) is 4.48. The molecule has 0 N–H and O–H groups in total. The lowest BCUT2D eigenvalue weighted by Gasteiger charge is -2.06. The predicted molar refractivity (Wildman–Crippen MR) is 60.6 cm³/mol. The summed E-state index contributed by atoms with van der Waals surface area (Å²) in [6.45, 7) is 0. The van der Waals surface area contributed by atoms with Crippen LogP contribution in [0.4, 0.5) is 4.39 Å². The summed E-state index contributed by atoms with van der Waals surface area (Å²) in [5.41, 5.74) is -0.126. The van der Waals surface area contributed by atoms with E-state index in [1.54, 1.807) is 0 Å². The van der Waals surface area contributed by atoms with E-state index in [0.717, 1.165) is 6.20 Å². The number of nitrogens with zero attached hydrogens (tertiary/aromatic N) is 1. The van der Waals surface area contributed by atoms with Gasteiger partial charge in [0, 0.05) is 6.07 Å². The highest BCUT2D eigenvalue weighted by atomic mass is 79.9. The molecule has 1 heterocycles. The Labute approximate surface area is 103 Å². The minimum Gasteiger partial charge on any atom is -0.618 e. The molecule has 2 rings (SSSR count). The van der Waals surface area contributed by atoms with Crippen molar-refractivity contribution in [3.63, 3.8) is 0 Å². The fourth-order valence-electron chi connectivity index (χ4n) is 1.28. The van der Waals surface area contributed by atoms with Crippen LogP contribution in [0.25, 0.3) is 10.9 Å². The van der Waals surface area contributed by atoms with E-state index < -0.39 is 5.82 Å². The van der Waals surface area contributed by atoms with Gasteiger partial charge in [-0.25, -0.2) is 0 Å². The maximum atomic E-state index is 13.7. The zero-order valence-corrected chi connectivity index (χ0v) is 10.2. The molecule has 6 heteroatoms. The summed E-state index contributed by atoms with van der Waals surface area (Å²) in [5, 5.41) is 12.1. The Morgan fingerprint density at radius 3 is 2.67 bits per heavy atom. The average Bonchev–Trinajstić information content (AvgIpc) is 2.20. The average molecular weight is 311 g/mol. The Hall–Kier alpha value is -0.580. The molecule has 2 nitrogen and oxygen atoms in total. The van der Waals surface area contributed by atoms with Gasteiger partial charge in [0.2, 0.25) is 5.82 Å². The van der Waals surface area contributed by atoms with E-state index in [9.17, 15) is 9.60 Å². The Morgan fingerprint density at radius 2 is 2.00 bits per heavy atom. The van der Waals surface area contributed by atoms with Crippen LogP contribution in [0.3, 0.4) is 0 Å². The van der Waals surface area contributed by atoms with Crippen LogP contribution in [0.1, 0.15) is 0 Å². The van der Waals surface area contributed by atoms with E-state index in [0.29, 0.717) is 10.1 Å². The first-order valence-corrected chi connectivity index (χ1v) is 5.42. The molecule has 0 radical (unpaired) electrons. The van der Waals surface area contributed by atoms with Crippen molar-refractivity contribution in [3.05, 3.63) is 43.9 Å². The summed E-state index contributed by atoms with van der Waals surface area (Å²) in [5.74, 6) is -0.713. The van der Waals surface area contributed by atoms with Crippen LogP contribution >= 0.6 is 39.1 Å². The molecule has 1 aromatic heterocycles. The van der Waals surface area contributed by atoms with Gasteiger partial charge < -0.3 is 5.21 Å². The van der Waals surface area contributed by atoms with Crippen LogP contribution in [-0.2, 0) is 0 Å². The molecule has 1 aromatic carbocycles. The Balaban J connectivity index is 3.04. The molecule has 2 aromatic rings. The topological polar surface area (TPSA) is 26.9 Å². The SMILES string of the molecule is [O-][n+]1ccc(Cl)c2cc(Cl)c(Br)c(F)c21. The van der Waals surface area contributed by atoms with Crippen molar-refractivity contribution in [1.29, 1.82) is 0 Å². The second kappa shape index (κ2) is 3.77. The summed E-state index contributed by atoms with van der Waals surface area (Å²) in [6, 6.07) is 2.83. The third-order valence-electron chi connectivity index (χ3n) is 1.97. The fourth-order valence-corrected chi connectivity index (χ4v) is 1.98. The zero-order valence-electron chi connectivity index (χ0n) is 7.10. The minimum atomic E-state index is -0.713. The molecular weight excluding hydrogens is 308 g/mol. The highest BCUT2D eigenvalue weighted by Crippen LogP contribution is 2.33. The van der Waals surface area contributed by atoms with Crippen LogP contribution in [0.2, 0.25) is 10.0 Å². The summed E-state index contributed by atoms with van der Waals surface area (Å²) in [7, 11) is 0. The molecule has 15 heavy (non-hydrogen) atoms. The molecule has 0 bridgehead atoms. The fraction of sp³-hybridized carbons (Fsp3) is 0. The number of benzene rings is 1. The monoisotopic (exact) mass is 309 g/mol. The van der Waals surface area contributed by atoms with Crippen molar-refractivity contribution >= 4 is 50.0 Å².